The summed E-state index contributed by atoms with van der Waals surface area (Å²) in [6, 6.07) is 10.3. The normalized spacial score (nSPS) is 11.9. The van der Waals surface area contributed by atoms with Crippen LogP contribution < -0.4 is 11.1 Å². The van der Waals surface area contributed by atoms with Gasteiger partial charge in [0.2, 0.25) is 5.89 Å². The Bertz CT molecular complexity index is 617. The first-order valence-electron chi connectivity index (χ1n) is 7.48. The lowest BCUT2D eigenvalue weighted by molar-refractivity contribution is 0.383. The van der Waals surface area contributed by atoms with Crippen molar-refractivity contribution in [3.05, 3.63) is 53.7 Å². The molecule has 1 heterocycles. The molecular formula is C17H25IN4O. The van der Waals surface area contributed by atoms with Gasteiger partial charge in [0.05, 0.1) is 6.20 Å². The number of rotatable bonds is 5. The molecule has 0 amide bonds. The molecular weight excluding hydrogens is 403 g/mol. The van der Waals surface area contributed by atoms with E-state index in [1.807, 2.05) is 18.2 Å². The summed E-state index contributed by atoms with van der Waals surface area (Å²) < 4.78 is 5.67. The van der Waals surface area contributed by atoms with Crippen LogP contribution in [0.4, 0.5) is 0 Å². The summed E-state index contributed by atoms with van der Waals surface area (Å²) in [5.74, 6) is 1.84. The molecule has 0 fully saturated rings. The smallest absolute Gasteiger partial charge is 0.216 e. The lowest BCUT2D eigenvalue weighted by Gasteiger charge is -2.12. The molecule has 0 saturated heterocycles. The van der Waals surface area contributed by atoms with Crippen molar-refractivity contribution in [3.8, 4) is 0 Å². The number of oxazole rings is 1. The van der Waals surface area contributed by atoms with Gasteiger partial charge >= 0.3 is 0 Å². The van der Waals surface area contributed by atoms with Gasteiger partial charge in [-0.15, -0.1) is 24.0 Å². The Morgan fingerprint density at radius 3 is 2.57 bits per heavy atom. The molecule has 0 aliphatic heterocycles. The van der Waals surface area contributed by atoms with Crippen molar-refractivity contribution in [2.75, 3.05) is 6.54 Å². The summed E-state index contributed by atoms with van der Waals surface area (Å²) in [6.07, 6.45) is 2.66. The lowest BCUT2D eigenvalue weighted by Crippen LogP contribution is -2.33. The van der Waals surface area contributed by atoms with Crippen molar-refractivity contribution in [2.45, 2.75) is 39.2 Å². The van der Waals surface area contributed by atoms with Crippen LogP contribution in [0.1, 0.15) is 38.0 Å². The number of hydrogen-bond acceptors (Lipinski definition) is 3. The topological polar surface area (TPSA) is 76.4 Å². The summed E-state index contributed by atoms with van der Waals surface area (Å²) in [7, 11) is 0. The first-order valence-corrected chi connectivity index (χ1v) is 7.48. The third-order valence-electron chi connectivity index (χ3n) is 3.24. The van der Waals surface area contributed by atoms with Crippen LogP contribution in [0.15, 0.2) is 45.9 Å². The molecule has 0 radical (unpaired) electrons. The van der Waals surface area contributed by atoms with Crippen LogP contribution in [0, 0.1) is 0 Å². The van der Waals surface area contributed by atoms with Gasteiger partial charge in [-0.2, -0.15) is 0 Å². The van der Waals surface area contributed by atoms with Gasteiger partial charge in [0, 0.05) is 12.0 Å². The minimum Gasteiger partial charge on any atom is -0.443 e. The highest BCUT2D eigenvalue weighted by Crippen LogP contribution is 2.22. The first kappa shape index (κ1) is 19.5. The largest absolute Gasteiger partial charge is 0.443 e. The molecule has 2 rings (SSSR count). The molecule has 0 atom stereocenters. The van der Waals surface area contributed by atoms with Gasteiger partial charge < -0.3 is 15.5 Å². The zero-order chi connectivity index (χ0) is 16.0. The van der Waals surface area contributed by atoms with E-state index >= 15 is 0 Å². The van der Waals surface area contributed by atoms with E-state index in [4.69, 9.17) is 10.2 Å². The van der Waals surface area contributed by atoms with E-state index in [9.17, 15) is 0 Å². The Kier molecular flexibility index (Phi) is 7.54. The molecule has 5 nitrogen and oxygen atoms in total. The van der Waals surface area contributed by atoms with E-state index in [-0.39, 0.29) is 29.4 Å². The summed E-state index contributed by atoms with van der Waals surface area (Å²) in [5.41, 5.74) is 7.07. The summed E-state index contributed by atoms with van der Waals surface area (Å²) in [6.45, 7) is 7.35. The van der Waals surface area contributed by atoms with Crippen LogP contribution in [0.25, 0.3) is 0 Å². The maximum absolute atomic E-state index is 5.85. The molecule has 6 heteroatoms. The maximum Gasteiger partial charge on any atom is 0.216 e. The minimum absolute atomic E-state index is 0. The van der Waals surface area contributed by atoms with Gasteiger partial charge in [0.1, 0.15) is 12.3 Å². The van der Waals surface area contributed by atoms with Gasteiger partial charge in [0.25, 0.3) is 0 Å². The molecule has 2 aromatic rings. The number of benzene rings is 1. The second kappa shape index (κ2) is 8.90. The standard InChI is InChI=1S/C17H24N4O.HI/c1-17(2,3)14-11-20-15(22-14)12-21-16(18)19-10-9-13-7-5-4-6-8-13;/h4-8,11H,9-10,12H2,1-3H3,(H3,18,19,21);1H. The lowest BCUT2D eigenvalue weighted by atomic mass is 9.94. The second-order valence-corrected chi connectivity index (χ2v) is 6.23. The van der Waals surface area contributed by atoms with Gasteiger partial charge in [-0.25, -0.2) is 9.98 Å². The molecule has 126 valence electrons. The molecule has 0 bridgehead atoms. The van der Waals surface area contributed by atoms with E-state index in [0.717, 1.165) is 18.7 Å². The number of nitrogens with zero attached hydrogens (tertiary/aromatic N) is 2. The predicted octanol–water partition coefficient (Wildman–Crippen LogP) is 3.24. The summed E-state index contributed by atoms with van der Waals surface area (Å²) in [5, 5.41) is 3.10. The molecule has 3 N–H and O–H groups in total. The SMILES string of the molecule is CC(C)(C)c1cnc(CN=C(N)NCCc2ccccc2)o1.I. The fourth-order valence-electron chi connectivity index (χ4n) is 1.92. The van der Waals surface area contributed by atoms with Gasteiger partial charge in [0.15, 0.2) is 5.96 Å². The Morgan fingerprint density at radius 1 is 1.26 bits per heavy atom. The predicted molar refractivity (Wildman–Crippen MR) is 104 cm³/mol. The zero-order valence-electron chi connectivity index (χ0n) is 13.9. The third kappa shape index (κ3) is 6.60. The van der Waals surface area contributed by atoms with Gasteiger partial charge in [-0.1, -0.05) is 51.1 Å². The van der Waals surface area contributed by atoms with Crippen LogP contribution in [0.3, 0.4) is 0 Å². The minimum atomic E-state index is -0.0472. The van der Waals surface area contributed by atoms with Crippen molar-refractivity contribution >= 4 is 29.9 Å². The Hall–Kier alpha value is -1.57. The fourth-order valence-corrected chi connectivity index (χ4v) is 1.92. The number of nitrogens with two attached hydrogens (primary N) is 1. The molecule has 23 heavy (non-hydrogen) atoms. The average molecular weight is 428 g/mol. The number of guanidine groups is 1. The van der Waals surface area contributed by atoms with E-state index < -0.39 is 0 Å². The van der Waals surface area contributed by atoms with Gasteiger partial charge in [-0.05, 0) is 12.0 Å². The molecule has 0 aliphatic carbocycles. The van der Waals surface area contributed by atoms with E-state index in [2.05, 4.69) is 48.2 Å². The van der Waals surface area contributed by atoms with E-state index in [1.165, 1.54) is 5.56 Å². The highest BCUT2D eigenvalue weighted by Gasteiger charge is 2.18. The second-order valence-electron chi connectivity index (χ2n) is 6.23. The monoisotopic (exact) mass is 428 g/mol. The fraction of sp³-hybridized carbons (Fsp3) is 0.412. The summed E-state index contributed by atoms with van der Waals surface area (Å²) >= 11 is 0. The number of aromatic nitrogens is 1. The third-order valence-corrected chi connectivity index (χ3v) is 3.24. The summed E-state index contributed by atoms with van der Waals surface area (Å²) in [4.78, 5) is 8.47. The van der Waals surface area contributed by atoms with Crippen LogP contribution in [0.2, 0.25) is 0 Å². The Labute approximate surface area is 154 Å². The van der Waals surface area contributed by atoms with Crippen LogP contribution >= 0.6 is 24.0 Å². The van der Waals surface area contributed by atoms with Crippen LogP contribution in [-0.4, -0.2) is 17.5 Å². The number of halogens is 1. The highest BCUT2D eigenvalue weighted by molar-refractivity contribution is 14.0. The van der Waals surface area contributed by atoms with Crippen LogP contribution in [0.5, 0.6) is 0 Å². The van der Waals surface area contributed by atoms with Crippen LogP contribution in [-0.2, 0) is 18.4 Å². The maximum atomic E-state index is 5.85. The first-order chi connectivity index (χ1) is 10.4. The molecule has 0 aliphatic rings. The van der Waals surface area contributed by atoms with E-state index in [0.29, 0.717) is 18.4 Å². The van der Waals surface area contributed by atoms with E-state index in [1.54, 1.807) is 6.20 Å². The average Bonchev–Trinajstić information content (AvgIpc) is 2.95. The number of nitrogens with one attached hydrogen (secondary N) is 1. The molecule has 0 spiro atoms. The van der Waals surface area contributed by atoms with Crippen molar-refractivity contribution in [3.63, 3.8) is 0 Å². The highest BCUT2D eigenvalue weighted by atomic mass is 127. The molecule has 1 aromatic carbocycles. The van der Waals surface area contributed by atoms with Crippen molar-refractivity contribution < 1.29 is 4.42 Å². The Balaban J connectivity index is 0.00000264. The van der Waals surface area contributed by atoms with Crippen molar-refractivity contribution in [1.82, 2.24) is 10.3 Å². The molecule has 1 aromatic heterocycles. The molecule has 0 unspecified atom stereocenters. The quantitative estimate of drug-likeness (QED) is 0.436. The van der Waals surface area contributed by atoms with Gasteiger partial charge in [-0.3, -0.25) is 0 Å². The zero-order valence-corrected chi connectivity index (χ0v) is 16.2. The van der Waals surface area contributed by atoms with Crippen molar-refractivity contribution in [1.29, 1.82) is 0 Å². The van der Waals surface area contributed by atoms with Crippen molar-refractivity contribution in [2.24, 2.45) is 10.7 Å². The molecule has 0 saturated carbocycles. The number of aliphatic imine (C=N–C) groups is 1. The number of hydrogen-bond donors (Lipinski definition) is 2. The Morgan fingerprint density at radius 2 is 1.96 bits per heavy atom.